The molecule has 0 radical (unpaired) electrons. The molecule has 0 aliphatic rings. The quantitative estimate of drug-likeness (QED) is 0.781. The second-order valence-corrected chi connectivity index (χ2v) is 6.86. The predicted molar refractivity (Wildman–Crippen MR) is 74.3 cm³/mol. The molecule has 1 aromatic rings. The summed E-state index contributed by atoms with van der Waals surface area (Å²) in [6.07, 6.45) is 0. The van der Waals surface area contributed by atoms with Gasteiger partial charge < -0.3 is 4.74 Å². The van der Waals surface area contributed by atoms with Crippen LogP contribution in [0.3, 0.4) is 0 Å². The third-order valence-electron chi connectivity index (χ3n) is 2.39. The number of esters is 1. The highest BCUT2D eigenvalue weighted by atomic mass is 35.5. The van der Waals surface area contributed by atoms with Crippen LogP contribution >= 0.6 is 23.2 Å². The molecule has 106 valence electrons. The van der Waals surface area contributed by atoms with E-state index in [-0.39, 0.29) is 27.3 Å². The minimum Gasteiger partial charge on any atom is -0.466 e. The summed E-state index contributed by atoms with van der Waals surface area (Å²) in [5, 5.41) is 0.354. The summed E-state index contributed by atoms with van der Waals surface area (Å²) in [5.74, 6) is -1.68. The molecule has 0 saturated carbocycles. The Bertz CT molecular complexity index is 569. The minimum absolute atomic E-state index is 0.0715. The Morgan fingerprint density at radius 1 is 1.37 bits per heavy atom. The maximum Gasteiger partial charge on any atom is 0.309 e. The number of benzene rings is 1. The standard InChI is InChI=1S/C12H14Cl2O4S/c1-3-18-12(15)8(2)7-19(16,17)11-6-9(13)4-5-10(11)14/h4-6,8H,3,7H2,1-2H3. The van der Waals surface area contributed by atoms with E-state index >= 15 is 0 Å². The van der Waals surface area contributed by atoms with Crippen molar-refractivity contribution in [2.45, 2.75) is 18.7 Å². The summed E-state index contributed by atoms with van der Waals surface area (Å²) in [6.45, 7) is 3.36. The summed E-state index contributed by atoms with van der Waals surface area (Å²) < 4.78 is 29.1. The van der Waals surface area contributed by atoms with Gasteiger partial charge in [0.15, 0.2) is 9.84 Å². The van der Waals surface area contributed by atoms with E-state index in [0.717, 1.165) is 0 Å². The zero-order valence-electron chi connectivity index (χ0n) is 10.5. The van der Waals surface area contributed by atoms with Gasteiger partial charge in [-0.1, -0.05) is 30.1 Å². The van der Waals surface area contributed by atoms with Gasteiger partial charge in [0, 0.05) is 5.02 Å². The van der Waals surface area contributed by atoms with Crippen LogP contribution in [0.15, 0.2) is 23.1 Å². The van der Waals surface area contributed by atoms with Gasteiger partial charge >= 0.3 is 5.97 Å². The number of halogens is 2. The van der Waals surface area contributed by atoms with Crippen molar-refractivity contribution in [3.8, 4) is 0 Å². The summed E-state index contributed by atoms with van der Waals surface area (Å²) in [6, 6.07) is 4.18. The maximum absolute atomic E-state index is 12.2. The average Bonchev–Trinajstić information content (AvgIpc) is 2.31. The van der Waals surface area contributed by atoms with Crippen molar-refractivity contribution in [1.82, 2.24) is 0 Å². The normalized spacial score (nSPS) is 13.1. The van der Waals surface area contributed by atoms with Crippen molar-refractivity contribution >= 4 is 39.0 Å². The van der Waals surface area contributed by atoms with Crippen molar-refractivity contribution < 1.29 is 17.9 Å². The van der Waals surface area contributed by atoms with E-state index in [1.807, 2.05) is 0 Å². The molecule has 1 aromatic carbocycles. The van der Waals surface area contributed by atoms with Gasteiger partial charge in [0.25, 0.3) is 0 Å². The number of ether oxygens (including phenoxy) is 1. The summed E-state index contributed by atoms with van der Waals surface area (Å²) in [5.41, 5.74) is 0. The molecule has 7 heteroatoms. The van der Waals surface area contributed by atoms with Crippen LogP contribution < -0.4 is 0 Å². The van der Waals surface area contributed by atoms with Crippen molar-refractivity contribution in [3.63, 3.8) is 0 Å². The van der Waals surface area contributed by atoms with Crippen LogP contribution in [0.1, 0.15) is 13.8 Å². The van der Waals surface area contributed by atoms with E-state index < -0.39 is 21.7 Å². The number of hydrogen-bond acceptors (Lipinski definition) is 4. The Hall–Kier alpha value is -0.780. The molecule has 4 nitrogen and oxygen atoms in total. The van der Waals surface area contributed by atoms with Gasteiger partial charge in [0.2, 0.25) is 0 Å². The van der Waals surface area contributed by atoms with E-state index in [9.17, 15) is 13.2 Å². The maximum atomic E-state index is 12.2. The predicted octanol–water partition coefficient (Wildman–Crippen LogP) is 2.97. The van der Waals surface area contributed by atoms with Crippen LogP contribution in [0, 0.1) is 5.92 Å². The van der Waals surface area contributed by atoms with Gasteiger partial charge in [0.1, 0.15) is 0 Å². The Kier molecular flexibility index (Phi) is 5.64. The first kappa shape index (κ1) is 16.3. The van der Waals surface area contributed by atoms with Gasteiger partial charge in [0.05, 0.1) is 28.2 Å². The monoisotopic (exact) mass is 324 g/mol. The van der Waals surface area contributed by atoms with Gasteiger partial charge in [-0.25, -0.2) is 8.42 Å². The molecular weight excluding hydrogens is 311 g/mol. The highest BCUT2D eigenvalue weighted by molar-refractivity contribution is 7.91. The first-order valence-electron chi connectivity index (χ1n) is 5.62. The van der Waals surface area contributed by atoms with Crippen LogP contribution in [0.5, 0.6) is 0 Å². The van der Waals surface area contributed by atoms with Gasteiger partial charge in [-0.3, -0.25) is 4.79 Å². The highest BCUT2D eigenvalue weighted by Gasteiger charge is 2.26. The van der Waals surface area contributed by atoms with Crippen LogP contribution in [-0.4, -0.2) is 26.7 Å². The Morgan fingerprint density at radius 3 is 2.58 bits per heavy atom. The minimum atomic E-state index is -3.69. The molecule has 1 rings (SSSR count). The molecule has 1 atom stereocenters. The third kappa shape index (κ3) is 4.37. The first-order valence-corrected chi connectivity index (χ1v) is 8.03. The molecule has 0 heterocycles. The van der Waals surface area contributed by atoms with E-state index in [1.54, 1.807) is 6.92 Å². The first-order chi connectivity index (χ1) is 8.77. The molecule has 0 N–H and O–H groups in total. The average molecular weight is 325 g/mol. The van der Waals surface area contributed by atoms with E-state index in [2.05, 4.69) is 0 Å². The van der Waals surface area contributed by atoms with E-state index in [1.165, 1.54) is 25.1 Å². The molecule has 0 bridgehead atoms. The van der Waals surface area contributed by atoms with Gasteiger partial charge in [-0.05, 0) is 25.1 Å². The lowest BCUT2D eigenvalue weighted by Gasteiger charge is -2.12. The number of carbonyl (C=O) groups is 1. The van der Waals surface area contributed by atoms with Crippen molar-refractivity contribution in [3.05, 3.63) is 28.2 Å². The van der Waals surface area contributed by atoms with Crippen LogP contribution in [0.4, 0.5) is 0 Å². The zero-order chi connectivity index (χ0) is 14.6. The lowest BCUT2D eigenvalue weighted by molar-refractivity contribution is -0.146. The molecule has 0 aliphatic heterocycles. The summed E-state index contributed by atoms with van der Waals surface area (Å²) >= 11 is 11.6. The summed E-state index contributed by atoms with van der Waals surface area (Å²) in [7, 11) is -3.69. The van der Waals surface area contributed by atoms with Gasteiger partial charge in [-0.15, -0.1) is 0 Å². The van der Waals surface area contributed by atoms with Crippen molar-refractivity contribution in [2.75, 3.05) is 12.4 Å². The molecular formula is C12H14Cl2O4S. The van der Waals surface area contributed by atoms with E-state index in [0.29, 0.717) is 0 Å². The zero-order valence-corrected chi connectivity index (χ0v) is 12.8. The fourth-order valence-corrected chi connectivity index (χ4v) is 3.84. The Labute approximate surface area is 122 Å². The van der Waals surface area contributed by atoms with Crippen molar-refractivity contribution in [2.24, 2.45) is 5.92 Å². The number of rotatable bonds is 5. The molecule has 1 unspecified atom stereocenters. The largest absolute Gasteiger partial charge is 0.466 e. The van der Waals surface area contributed by atoms with Crippen LogP contribution in [0.2, 0.25) is 10.0 Å². The van der Waals surface area contributed by atoms with Gasteiger partial charge in [-0.2, -0.15) is 0 Å². The number of sulfone groups is 1. The Balaban J connectivity index is 2.99. The molecule has 0 aliphatic carbocycles. The van der Waals surface area contributed by atoms with Crippen LogP contribution in [0.25, 0.3) is 0 Å². The lowest BCUT2D eigenvalue weighted by atomic mass is 10.2. The molecule has 0 fully saturated rings. The molecule has 0 aromatic heterocycles. The molecule has 0 amide bonds. The second kappa shape index (κ2) is 6.59. The number of carbonyl (C=O) groups excluding carboxylic acids is 1. The molecule has 0 spiro atoms. The van der Waals surface area contributed by atoms with Crippen LogP contribution in [-0.2, 0) is 19.4 Å². The number of hydrogen-bond donors (Lipinski definition) is 0. The van der Waals surface area contributed by atoms with E-state index in [4.69, 9.17) is 27.9 Å². The Morgan fingerprint density at radius 2 is 2.00 bits per heavy atom. The summed E-state index contributed by atoms with van der Waals surface area (Å²) in [4.78, 5) is 11.4. The fourth-order valence-electron chi connectivity index (χ4n) is 1.49. The lowest BCUT2D eigenvalue weighted by Crippen LogP contribution is -2.23. The topological polar surface area (TPSA) is 60.4 Å². The SMILES string of the molecule is CCOC(=O)C(C)CS(=O)(=O)c1cc(Cl)ccc1Cl. The smallest absolute Gasteiger partial charge is 0.309 e. The fraction of sp³-hybridized carbons (Fsp3) is 0.417. The molecule has 0 saturated heterocycles. The molecule has 19 heavy (non-hydrogen) atoms. The second-order valence-electron chi connectivity index (χ2n) is 4.01. The third-order valence-corrected chi connectivity index (χ3v) is 5.01. The highest BCUT2D eigenvalue weighted by Crippen LogP contribution is 2.27. The van der Waals surface area contributed by atoms with Crippen molar-refractivity contribution in [1.29, 1.82) is 0 Å².